The predicted octanol–water partition coefficient (Wildman–Crippen LogP) is 5.83. The summed E-state index contributed by atoms with van der Waals surface area (Å²) in [7, 11) is -3.95. The van der Waals surface area contributed by atoms with Crippen LogP contribution in [-0.2, 0) is 21.4 Å². The van der Waals surface area contributed by atoms with Gasteiger partial charge in [0, 0.05) is 29.0 Å². The Bertz CT molecular complexity index is 2070. The summed E-state index contributed by atoms with van der Waals surface area (Å²) in [5.74, 6) is -1.35. The zero-order valence-corrected chi connectivity index (χ0v) is 26.0. The van der Waals surface area contributed by atoms with Crippen molar-refractivity contribution in [2.75, 3.05) is 16.8 Å². The van der Waals surface area contributed by atoms with Gasteiger partial charge in [-0.05, 0) is 77.9 Å². The predicted molar refractivity (Wildman–Crippen MR) is 179 cm³/mol. The number of hydrogen-bond donors (Lipinski definition) is 3. The van der Waals surface area contributed by atoms with E-state index in [1.54, 1.807) is 83.8 Å². The maximum atomic E-state index is 13.6. The first-order valence-electron chi connectivity index (χ1n) is 14.4. The second-order valence-electron chi connectivity index (χ2n) is 10.5. The molecule has 0 aromatic heterocycles. The van der Waals surface area contributed by atoms with Crippen LogP contribution in [0.1, 0.15) is 11.1 Å². The Balaban J connectivity index is 1.34. The Morgan fingerprint density at radius 2 is 1.46 bits per heavy atom. The third-order valence-electron chi connectivity index (χ3n) is 7.03. The molecule has 0 aliphatic rings. The van der Waals surface area contributed by atoms with Gasteiger partial charge in [0.05, 0.1) is 11.4 Å². The number of nitrogens with zero attached hydrogens (tertiary/aromatic N) is 2. The Hall–Kier alpha value is -5.92. The van der Waals surface area contributed by atoms with E-state index in [9.17, 15) is 26.8 Å². The van der Waals surface area contributed by atoms with E-state index in [0.717, 1.165) is 17.7 Å². The molecule has 0 unspecified atom stereocenters. The Morgan fingerprint density at radius 3 is 2.12 bits per heavy atom. The fourth-order valence-corrected chi connectivity index (χ4v) is 5.52. The number of aliphatic imine (C=N–C) groups is 1. The number of sulfonamides is 1. The minimum Gasteiger partial charge on any atom is -0.409 e. The van der Waals surface area contributed by atoms with Gasteiger partial charge in [0.15, 0.2) is 0 Å². The normalized spacial score (nSPS) is 11.5. The van der Waals surface area contributed by atoms with Gasteiger partial charge < -0.3 is 20.7 Å². The topological polar surface area (TPSA) is 157 Å². The second-order valence-corrected chi connectivity index (χ2v) is 12.0. The third kappa shape index (κ3) is 8.87. The van der Waals surface area contributed by atoms with E-state index in [1.807, 2.05) is 0 Å². The fourth-order valence-electron chi connectivity index (χ4n) is 4.76. The molecule has 48 heavy (non-hydrogen) atoms. The van der Waals surface area contributed by atoms with Crippen LogP contribution in [0.2, 0.25) is 0 Å². The molecule has 5 rings (SSSR count). The average Bonchev–Trinajstić information content (AvgIpc) is 3.06. The van der Waals surface area contributed by atoms with E-state index in [1.165, 1.54) is 30.3 Å². The summed E-state index contributed by atoms with van der Waals surface area (Å²) < 4.78 is 56.0. The Labute approximate surface area is 275 Å². The van der Waals surface area contributed by atoms with Crippen molar-refractivity contribution in [2.45, 2.75) is 11.4 Å². The molecule has 2 amide bonds. The molecule has 5 N–H and O–H groups in total. The number of benzene rings is 5. The van der Waals surface area contributed by atoms with Gasteiger partial charge in [-0.25, -0.2) is 27.1 Å². The van der Waals surface area contributed by atoms with Gasteiger partial charge in [-0.1, -0.05) is 54.6 Å². The standard InChI is InChI=1S/C35H29F2N5O5S/c36-26-12-8-23(9-13-26)21-42(29-5-3-4-25(20-29)34(38)41-35(44)47-30-18-14-27(37)15-19-30)22-33(43)40-28-16-10-24(11-17-28)31-6-1-2-7-32(31)48(39,45)46/h1-20H,21-22H2,(H,40,43)(H2,38,41,44)(H2,39,45,46). The minimum atomic E-state index is -3.95. The van der Waals surface area contributed by atoms with Gasteiger partial charge in [-0.15, -0.1) is 0 Å². The molecule has 0 aliphatic heterocycles. The first-order chi connectivity index (χ1) is 22.9. The first-order valence-corrected chi connectivity index (χ1v) is 15.9. The number of amides is 2. The highest BCUT2D eigenvalue weighted by atomic mass is 32.2. The van der Waals surface area contributed by atoms with Crippen LogP contribution in [0.5, 0.6) is 5.75 Å². The van der Waals surface area contributed by atoms with Gasteiger partial charge in [-0.2, -0.15) is 4.99 Å². The second kappa shape index (κ2) is 14.7. The molecule has 0 saturated heterocycles. The lowest BCUT2D eigenvalue weighted by atomic mass is 10.1. The number of carbonyl (C=O) groups excluding carboxylic acids is 2. The number of nitrogens with two attached hydrogens (primary N) is 2. The molecule has 5 aromatic rings. The number of primary sulfonamides is 1. The molecule has 0 bridgehead atoms. The maximum absolute atomic E-state index is 13.6. The van der Waals surface area contributed by atoms with E-state index in [4.69, 9.17) is 15.6 Å². The van der Waals surface area contributed by atoms with Crippen molar-refractivity contribution in [1.29, 1.82) is 0 Å². The quantitative estimate of drug-likeness (QED) is 0.125. The van der Waals surface area contributed by atoms with E-state index in [0.29, 0.717) is 28.1 Å². The van der Waals surface area contributed by atoms with E-state index in [2.05, 4.69) is 10.3 Å². The highest BCUT2D eigenvalue weighted by molar-refractivity contribution is 7.89. The monoisotopic (exact) mass is 669 g/mol. The van der Waals surface area contributed by atoms with Crippen LogP contribution in [0.25, 0.3) is 11.1 Å². The lowest BCUT2D eigenvalue weighted by Gasteiger charge is -2.25. The summed E-state index contributed by atoms with van der Waals surface area (Å²) in [5.41, 5.74) is 9.22. The van der Waals surface area contributed by atoms with Crippen LogP contribution in [0.4, 0.5) is 25.0 Å². The Morgan fingerprint density at radius 1 is 0.812 bits per heavy atom. The maximum Gasteiger partial charge on any atom is 0.441 e. The van der Waals surface area contributed by atoms with Crippen LogP contribution >= 0.6 is 0 Å². The summed E-state index contributed by atoms with van der Waals surface area (Å²) in [6, 6.07) is 30.3. The number of rotatable bonds is 10. The van der Waals surface area contributed by atoms with Crippen LogP contribution in [0.3, 0.4) is 0 Å². The summed E-state index contributed by atoms with van der Waals surface area (Å²) in [6.07, 6.45) is -1.01. The number of anilines is 2. The first kappa shape index (κ1) is 33.4. The number of halogens is 2. The smallest absolute Gasteiger partial charge is 0.409 e. The molecular weight excluding hydrogens is 640 g/mol. The molecular formula is C35H29F2N5O5S. The molecule has 13 heteroatoms. The van der Waals surface area contributed by atoms with Crippen molar-refractivity contribution in [2.24, 2.45) is 15.9 Å². The minimum absolute atomic E-state index is 0.0177. The number of carbonyl (C=O) groups is 2. The molecule has 0 radical (unpaired) electrons. The molecule has 10 nitrogen and oxygen atoms in total. The molecule has 0 atom stereocenters. The highest BCUT2D eigenvalue weighted by Gasteiger charge is 2.17. The van der Waals surface area contributed by atoms with Crippen molar-refractivity contribution in [3.8, 4) is 16.9 Å². The molecule has 0 aliphatic carbocycles. The van der Waals surface area contributed by atoms with Crippen LogP contribution in [0.15, 0.2) is 131 Å². The SMILES string of the molecule is NC(=NC(=O)Oc1ccc(F)cc1)c1cccc(N(CC(=O)Nc2ccc(-c3ccccc3S(N)(=O)=O)cc2)Cc2ccc(F)cc2)c1. The van der Waals surface area contributed by atoms with Crippen molar-refractivity contribution in [3.63, 3.8) is 0 Å². The number of ether oxygens (including phenoxy) is 1. The van der Waals surface area contributed by atoms with E-state index >= 15 is 0 Å². The molecule has 244 valence electrons. The van der Waals surface area contributed by atoms with E-state index in [-0.39, 0.29) is 35.5 Å². The molecule has 5 aromatic carbocycles. The zero-order chi connectivity index (χ0) is 34.3. The Kier molecular flexibility index (Phi) is 10.2. The lowest BCUT2D eigenvalue weighted by molar-refractivity contribution is -0.115. The van der Waals surface area contributed by atoms with Crippen molar-refractivity contribution < 1.29 is 31.5 Å². The lowest BCUT2D eigenvalue weighted by Crippen LogP contribution is -2.33. The molecule has 0 heterocycles. The van der Waals surface area contributed by atoms with Gasteiger partial charge in [0.2, 0.25) is 15.9 Å². The number of hydrogen-bond acceptors (Lipinski definition) is 6. The van der Waals surface area contributed by atoms with Crippen molar-refractivity contribution in [1.82, 2.24) is 0 Å². The summed E-state index contributed by atoms with van der Waals surface area (Å²) in [6.45, 7) is 0.0740. The highest BCUT2D eigenvalue weighted by Crippen LogP contribution is 2.28. The van der Waals surface area contributed by atoms with Crippen molar-refractivity contribution in [3.05, 3.63) is 144 Å². The zero-order valence-electron chi connectivity index (χ0n) is 25.2. The van der Waals surface area contributed by atoms with Crippen LogP contribution < -0.4 is 25.8 Å². The summed E-state index contributed by atoms with van der Waals surface area (Å²) in [5, 5.41) is 8.21. The molecule has 0 fully saturated rings. The van der Waals surface area contributed by atoms with Gasteiger partial charge in [-0.3, -0.25) is 4.79 Å². The number of nitrogens with one attached hydrogen (secondary N) is 1. The van der Waals surface area contributed by atoms with Gasteiger partial charge >= 0.3 is 6.09 Å². The largest absolute Gasteiger partial charge is 0.441 e. The van der Waals surface area contributed by atoms with Crippen LogP contribution in [-0.4, -0.2) is 32.8 Å². The average molecular weight is 670 g/mol. The number of amidine groups is 1. The summed E-state index contributed by atoms with van der Waals surface area (Å²) >= 11 is 0. The fraction of sp³-hybridized carbons (Fsp3) is 0.0571. The van der Waals surface area contributed by atoms with Crippen LogP contribution in [0, 0.1) is 11.6 Å². The van der Waals surface area contributed by atoms with Crippen molar-refractivity contribution >= 4 is 39.2 Å². The third-order valence-corrected chi connectivity index (χ3v) is 8.00. The molecule has 0 saturated carbocycles. The van der Waals surface area contributed by atoms with E-state index < -0.39 is 27.8 Å². The summed E-state index contributed by atoms with van der Waals surface area (Å²) in [4.78, 5) is 31.1. The van der Waals surface area contributed by atoms with Gasteiger partial charge in [0.1, 0.15) is 23.2 Å². The molecule has 0 spiro atoms. The van der Waals surface area contributed by atoms with Gasteiger partial charge in [0.25, 0.3) is 0 Å².